The van der Waals surface area contributed by atoms with Gasteiger partial charge in [0.25, 0.3) is 5.69 Å². The molecule has 1 heterocycles. The molecule has 3 aromatic carbocycles. The molecule has 1 atom stereocenters. The molecule has 1 unspecified atom stereocenters. The summed E-state index contributed by atoms with van der Waals surface area (Å²) in [5.74, 6) is -0.328. The summed E-state index contributed by atoms with van der Waals surface area (Å²) >= 11 is 6.05. The van der Waals surface area contributed by atoms with Crippen LogP contribution >= 0.6 is 11.6 Å². The van der Waals surface area contributed by atoms with E-state index >= 15 is 0 Å². The Balaban J connectivity index is 1.69. The van der Waals surface area contributed by atoms with Gasteiger partial charge in [-0.2, -0.15) is 5.26 Å². The monoisotopic (exact) mass is 533 g/mol. The van der Waals surface area contributed by atoms with Crippen LogP contribution in [0.25, 0.3) is 0 Å². The van der Waals surface area contributed by atoms with Gasteiger partial charge in [-0.1, -0.05) is 36.4 Å². The Kier molecular flexibility index (Phi) is 7.50. The van der Waals surface area contributed by atoms with Gasteiger partial charge in [0.2, 0.25) is 5.88 Å². The van der Waals surface area contributed by atoms with Crippen LogP contribution in [-0.2, 0) is 0 Å². The van der Waals surface area contributed by atoms with E-state index in [1.807, 2.05) is 0 Å². The van der Waals surface area contributed by atoms with E-state index in [1.165, 1.54) is 31.4 Å². The molecule has 11 heteroatoms. The van der Waals surface area contributed by atoms with E-state index in [0.29, 0.717) is 22.6 Å². The Bertz CT molecular complexity index is 1530. The van der Waals surface area contributed by atoms with Crippen molar-refractivity contribution in [2.24, 2.45) is 5.73 Å². The van der Waals surface area contributed by atoms with Crippen LogP contribution in [0.15, 0.2) is 78.7 Å². The van der Waals surface area contributed by atoms with Crippen molar-refractivity contribution >= 4 is 23.3 Å². The van der Waals surface area contributed by atoms with Gasteiger partial charge in [-0.3, -0.25) is 10.1 Å². The Labute approximate surface area is 222 Å². The second-order valence-electron chi connectivity index (χ2n) is 7.95. The molecule has 0 spiro atoms. The van der Waals surface area contributed by atoms with Gasteiger partial charge in [0.05, 0.1) is 28.5 Å². The lowest BCUT2D eigenvalue weighted by atomic mass is 9.83. The smallest absolute Gasteiger partial charge is 0.345 e. The van der Waals surface area contributed by atoms with Crippen molar-refractivity contribution in [1.29, 1.82) is 5.26 Å². The Morgan fingerprint density at radius 1 is 1.24 bits per heavy atom. The highest BCUT2D eigenvalue weighted by Crippen LogP contribution is 2.45. The highest BCUT2D eigenvalue weighted by atomic mass is 35.5. The van der Waals surface area contributed by atoms with Gasteiger partial charge in [-0.15, -0.1) is 0 Å². The average Bonchev–Trinajstić information content (AvgIpc) is 2.91. The standard InChI is InChI=1S/C27H20ClN3O7/c1-3-10-36-22-9-4-15(11-24(22)35-2)25-18-7-6-17(13-23(18)38-26(30)20(25)14-29)37-27(32)19-12-16(31(33)34)5-8-21(19)28/h3-9,11-13,25H,1,10,30H2,2H3. The molecular formula is C27H20ClN3O7. The number of nitrogens with zero attached hydrogens (tertiary/aromatic N) is 2. The molecule has 38 heavy (non-hydrogen) atoms. The Morgan fingerprint density at radius 2 is 2.03 bits per heavy atom. The summed E-state index contributed by atoms with van der Waals surface area (Å²) in [6, 6.07) is 15.4. The normalized spacial score (nSPS) is 14.0. The SMILES string of the molecule is C=CCOc1ccc(C2C(C#N)=C(N)Oc3cc(OC(=O)c4cc([N+](=O)[O-])ccc4Cl)ccc32)cc1OC. The number of non-ortho nitro benzene ring substituents is 1. The van der Waals surface area contributed by atoms with E-state index in [-0.39, 0.29) is 45.8 Å². The molecule has 0 saturated carbocycles. The molecule has 10 nitrogen and oxygen atoms in total. The van der Waals surface area contributed by atoms with Gasteiger partial charge in [0.1, 0.15) is 29.7 Å². The molecule has 192 valence electrons. The number of rotatable bonds is 8. The summed E-state index contributed by atoms with van der Waals surface area (Å²) in [4.78, 5) is 23.2. The van der Waals surface area contributed by atoms with Crippen LogP contribution in [0.5, 0.6) is 23.0 Å². The molecule has 4 rings (SSSR count). The number of esters is 1. The van der Waals surface area contributed by atoms with E-state index in [9.17, 15) is 20.2 Å². The van der Waals surface area contributed by atoms with E-state index in [4.69, 9.17) is 36.3 Å². The fourth-order valence-electron chi connectivity index (χ4n) is 3.92. The number of hydrogen-bond donors (Lipinski definition) is 1. The number of nitriles is 1. The van der Waals surface area contributed by atoms with Gasteiger partial charge in [0, 0.05) is 23.8 Å². The minimum absolute atomic E-state index is 0.00446. The third-order valence-corrected chi connectivity index (χ3v) is 5.99. The lowest BCUT2D eigenvalue weighted by molar-refractivity contribution is -0.384. The number of carbonyl (C=O) groups is 1. The fraction of sp³-hybridized carbons (Fsp3) is 0.111. The summed E-state index contributed by atoms with van der Waals surface area (Å²) in [5, 5.41) is 20.9. The summed E-state index contributed by atoms with van der Waals surface area (Å²) in [7, 11) is 1.50. The maximum Gasteiger partial charge on any atom is 0.345 e. The molecule has 0 amide bonds. The predicted molar refractivity (Wildman–Crippen MR) is 137 cm³/mol. The van der Waals surface area contributed by atoms with Gasteiger partial charge in [-0.05, 0) is 29.8 Å². The number of allylic oxidation sites excluding steroid dienone is 1. The lowest BCUT2D eigenvalue weighted by Gasteiger charge is -2.27. The number of halogens is 1. The molecule has 0 aliphatic carbocycles. The molecule has 0 radical (unpaired) electrons. The average molecular weight is 534 g/mol. The predicted octanol–water partition coefficient (Wildman–Crippen LogP) is 5.26. The first kappa shape index (κ1) is 26.1. The minimum atomic E-state index is -0.896. The zero-order chi connectivity index (χ0) is 27.4. The first-order valence-corrected chi connectivity index (χ1v) is 11.4. The largest absolute Gasteiger partial charge is 0.493 e. The number of hydrogen-bond acceptors (Lipinski definition) is 9. The molecule has 0 bridgehead atoms. The van der Waals surface area contributed by atoms with E-state index in [0.717, 1.165) is 6.07 Å². The van der Waals surface area contributed by atoms with Gasteiger partial charge >= 0.3 is 5.97 Å². The summed E-state index contributed by atoms with van der Waals surface area (Å²) < 4.78 is 22.2. The molecule has 0 aromatic heterocycles. The quantitative estimate of drug-likeness (QED) is 0.134. The van der Waals surface area contributed by atoms with Gasteiger partial charge < -0.3 is 24.7 Å². The van der Waals surface area contributed by atoms with E-state index in [1.54, 1.807) is 30.3 Å². The van der Waals surface area contributed by atoms with Crippen LogP contribution in [0.3, 0.4) is 0 Å². The fourth-order valence-corrected chi connectivity index (χ4v) is 4.11. The van der Waals surface area contributed by atoms with Crippen LogP contribution in [0.1, 0.15) is 27.4 Å². The maximum atomic E-state index is 12.7. The number of ether oxygens (including phenoxy) is 4. The topological polar surface area (TPSA) is 147 Å². The summed E-state index contributed by atoms with van der Waals surface area (Å²) in [6.07, 6.45) is 1.61. The van der Waals surface area contributed by atoms with Crippen LogP contribution < -0.4 is 24.7 Å². The van der Waals surface area contributed by atoms with Gasteiger partial charge in [-0.25, -0.2) is 4.79 Å². The van der Waals surface area contributed by atoms with Crippen molar-refractivity contribution in [1.82, 2.24) is 0 Å². The molecule has 3 aromatic rings. The Hall–Kier alpha value is -5.01. The first-order valence-electron chi connectivity index (χ1n) is 11.1. The number of methoxy groups -OCH3 is 1. The van der Waals surface area contributed by atoms with Crippen molar-refractivity contribution in [2.45, 2.75) is 5.92 Å². The minimum Gasteiger partial charge on any atom is -0.493 e. The lowest BCUT2D eigenvalue weighted by Crippen LogP contribution is -2.21. The van der Waals surface area contributed by atoms with Crippen LogP contribution in [0.2, 0.25) is 5.02 Å². The zero-order valence-corrected chi connectivity index (χ0v) is 20.7. The highest BCUT2D eigenvalue weighted by Gasteiger charge is 2.32. The number of benzene rings is 3. The molecule has 0 fully saturated rings. The number of nitro benzene ring substituents is 1. The second-order valence-corrected chi connectivity index (χ2v) is 8.35. The highest BCUT2D eigenvalue weighted by molar-refractivity contribution is 6.33. The van der Waals surface area contributed by atoms with E-state index in [2.05, 4.69) is 12.6 Å². The Morgan fingerprint density at radius 3 is 2.71 bits per heavy atom. The number of nitro groups is 1. The van der Waals surface area contributed by atoms with Crippen LogP contribution in [0.4, 0.5) is 5.69 Å². The molecule has 1 aliphatic heterocycles. The maximum absolute atomic E-state index is 12.7. The number of carbonyl (C=O) groups excluding carboxylic acids is 1. The van der Waals surface area contributed by atoms with Crippen LogP contribution in [0, 0.1) is 21.4 Å². The third-order valence-electron chi connectivity index (χ3n) is 5.66. The second kappa shape index (κ2) is 10.9. The van der Waals surface area contributed by atoms with Crippen LogP contribution in [-0.4, -0.2) is 24.6 Å². The van der Waals surface area contributed by atoms with E-state index < -0.39 is 16.8 Å². The van der Waals surface area contributed by atoms with Crippen molar-refractivity contribution in [3.05, 3.63) is 111 Å². The summed E-state index contributed by atoms with van der Waals surface area (Å²) in [5.41, 5.74) is 7.06. The first-order chi connectivity index (χ1) is 18.3. The molecular weight excluding hydrogens is 514 g/mol. The van der Waals surface area contributed by atoms with Gasteiger partial charge in [0.15, 0.2) is 11.5 Å². The summed E-state index contributed by atoms with van der Waals surface area (Å²) in [6.45, 7) is 3.92. The van der Waals surface area contributed by atoms with Crippen molar-refractivity contribution < 1.29 is 28.7 Å². The van der Waals surface area contributed by atoms with Crippen molar-refractivity contribution in [2.75, 3.05) is 13.7 Å². The third kappa shape index (κ3) is 5.09. The molecule has 1 aliphatic rings. The molecule has 2 N–H and O–H groups in total. The molecule has 0 saturated heterocycles. The van der Waals surface area contributed by atoms with Crippen molar-refractivity contribution in [3.8, 4) is 29.1 Å². The number of nitrogens with two attached hydrogens (primary N) is 1. The van der Waals surface area contributed by atoms with Crippen molar-refractivity contribution in [3.63, 3.8) is 0 Å². The number of fused-ring (bicyclic) bond motifs is 1. The zero-order valence-electron chi connectivity index (χ0n) is 20.0.